The van der Waals surface area contributed by atoms with Gasteiger partial charge in [0.05, 0.1) is 58.6 Å². The maximum Gasteiger partial charge on any atom is 0.327 e. The van der Waals surface area contributed by atoms with Gasteiger partial charge in [-0.2, -0.15) is 20.9 Å². The van der Waals surface area contributed by atoms with Crippen LogP contribution in [0.2, 0.25) is 0 Å². The highest BCUT2D eigenvalue weighted by atomic mass is 32.2. The van der Waals surface area contributed by atoms with Crippen molar-refractivity contribution in [1.29, 1.82) is 0 Å². The number of carbonyl (C=O) groups is 6. The third-order valence-corrected chi connectivity index (χ3v) is 13.0. The number of hydroxylamine groups is 1. The van der Waals surface area contributed by atoms with Crippen LogP contribution in [0.4, 0.5) is 22.7 Å². The van der Waals surface area contributed by atoms with Gasteiger partial charge in [0.25, 0.3) is 18.5 Å². The van der Waals surface area contributed by atoms with Gasteiger partial charge in [0, 0.05) is 105 Å². The monoisotopic (exact) mass is 1120 g/mol. The van der Waals surface area contributed by atoms with E-state index in [-0.39, 0.29) is 38.4 Å². The number of rotatable bonds is 32. The molecule has 10 N–H and O–H groups in total. The van der Waals surface area contributed by atoms with E-state index in [2.05, 4.69) is 63.6 Å². The molecule has 2 saturated heterocycles. The summed E-state index contributed by atoms with van der Waals surface area (Å²) in [4.78, 5) is 85.3. The lowest BCUT2D eigenvalue weighted by molar-refractivity contribution is -0.732. The summed E-state index contributed by atoms with van der Waals surface area (Å²) < 4.78 is 30.9. The van der Waals surface area contributed by atoms with Gasteiger partial charge in [-0.1, -0.05) is 0 Å². The summed E-state index contributed by atoms with van der Waals surface area (Å²) >= 11 is 1.66. The Balaban J connectivity index is 0.780. The maximum atomic E-state index is 13.0. The van der Waals surface area contributed by atoms with Crippen LogP contribution in [0.5, 0.6) is 11.5 Å². The molecule has 2 fully saturated rings. The van der Waals surface area contributed by atoms with Gasteiger partial charge in [-0.3, -0.25) is 65.1 Å². The number of hydrogen-bond donors (Lipinski definition) is 10. The number of morpholine rings is 2. The molecule has 6 amide bonds. The number of ether oxygens (including phenoxy) is 5. The lowest BCUT2D eigenvalue weighted by Gasteiger charge is -2.26. The predicted octanol–water partition coefficient (Wildman–Crippen LogP) is -0.291. The number of carbonyl (C=O) groups excluding carboxylic acids is 6. The van der Waals surface area contributed by atoms with Crippen LogP contribution < -0.4 is 72.4 Å². The van der Waals surface area contributed by atoms with Gasteiger partial charge in [0.1, 0.15) is 23.8 Å². The molecule has 0 atom stereocenters. The molecule has 4 heterocycles. The molecule has 27 heteroatoms. The first kappa shape index (κ1) is 60.9. The topological polar surface area (TPSA) is 292 Å². The first-order valence-corrected chi connectivity index (χ1v) is 27.2. The number of hydrogen-bond acceptors (Lipinski definition) is 19. The third-order valence-electron chi connectivity index (χ3n) is 12.0. The molecule has 0 spiro atoms. The van der Waals surface area contributed by atoms with Gasteiger partial charge in [0.15, 0.2) is 24.8 Å². The zero-order valence-electron chi connectivity index (χ0n) is 44.7. The van der Waals surface area contributed by atoms with E-state index in [1.807, 2.05) is 18.3 Å². The van der Waals surface area contributed by atoms with E-state index in [0.29, 0.717) is 105 Å². The van der Waals surface area contributed by atoms with Gasteiger partial charge in [0.2, 0.25) is 6.54 Å². The number of thioether (sulfide) groups is 1. The second-order valence-electron chi connectivity index (χ2n) is 17.9. The van der Waals surface area contributed by atoms with Crippen LogP contribution in [0.25, 0.3) is 0 Å². The minimum absolute atomic E-state index is 0.0338. The summed E-state index contributed by atoms with van der Waals surface area (Å²) in [7, 11) is 2.94. The molecule has 4 aromatic rings. The number of benzene rings is 2. The molecule has 79 heavy (non-hydrogen) atoms. The highest BCUT2D eigenvalue weighted by Crippen LogP contribution is 2.28. The third kappa shape index (κ3) is 22.5. The number of pyridine rings is 2. The lowest BCUT2D eigenvalue weighted by atomic mass is 10.2. The highest BCUT2D eigenvalue weighted by molar-refractivity contribution is 7.99. The molecule has 2 aromatic heterocycles. The minimum atomic E-state index is -0.850. The van der Waals surface area contributed by atoms with Gasteiger partial charge >= 0.3 is 23.6 Å². The number of anilines is 4. The number of nitrogens with one attached hydrogen (secondary N) is 10. The molecule has 26 nitrogen and oxygen atoms in total. The van der Waals surface area contributed by atoms with E-state index in [1.165, 1.54) is 14.2 Å². The SMILES string of the molecule is COc1cc(NCOC[n+]2cccc(C(=O)NCCSCCNOCc3ccc[n+](CC(=O)Nc4ccc(NNC(=O)C(=O)NCCCN5CCOCC5)c(OC)c4)c3)c2)ccc1NNC(=O)C(=O)NCCCN1CCOCC1. The maximum absolute atomic E-state index is 13.0. The van der Waals surface area contributed by atoms with Crippen molar-refractivity contribution >= 4 is 70.0 Å². The van der Waals surface area contributed by atoms with E-state index in [1.54, 1.807) is 88.0 Å². The van der Waals surface area contributed by atoms with E-state index in [4.69, 9.17) is 28.5 Å². The standard InChI is InChI=1S/C52H72N14O12S/c1-73-45-31-41(9-11-43(45)59-61-51(71)49(69)53-13-5-19-63-21-25-75-26-22-63)56-37-77-38-66-18-4-8-40(34-66)48(68)55-15-29-79-30-16-57-78-36-39-7-3-17-65(33-39)35-47(67)58-42-10-12-44(46(32-42)74-2)60-62-52(72)50(70)54-14-6-20-64-23-27-76-28-24-64/h3-4,7-12,17-18,31-34,57H,5-6,13-16,19-30,35-38H2,1-2H3,(H7-2,53,54,55,56,58,59,60,61,62,67,68,69,70,71,72)/p+2. The Morgan fingerprint density at radius 3 is 1.86 bits per heavy atom. The van der Waals surface area contributed by atoms with Crippen LogP contribution in [0.1, 0.15) is 28.8 Å². The average Bonchev–Trinajstić information content (AvgIpc) is 3.47. The minimum Gasteiger partial charge on any atom is -0.494 e. The van der Waals surface area contributed by atoms with Crippen molar-refractivity contribution in [3.63, 3.8) is 0 Å². The Hall–Kier alpha value is -7.37. The lowest BCUT2D eigenvalue weighted by Crippen LogP contribution is -2.43. The van der Waals surface area contributed by atoms with Crippen molar-refractivity contribution in [3.8, 4) is 11.5 Å². The molecular weight excluding hydrogens is 1040 g/mol. The molecule has 0 unspecified atom stereocenters. The first-order chi connectivity index (χ1) is 38.6. The summed E-state index contributed by atoms with van der Waals surface area (Å²) in [5, 5.41) is 14.2. The fourth-order valence-electron chi connectivity index (χ4n) is 7.87. The molecule has 6 rings (SSSR count). The fourth-order valence-corrected chi connectivity index (χ4v) is 8.55. The smallest absolute Gasteiger partial charge is 0.327 e. The fraction of sp³-hybridized carbons (Fsp3) is 0.462. The van der Waals surface area contributed by atoms with Crippen molar-refractivity contribution in [2.45, 2.75) is 32.7 Å². The Morgan fingerprint density at radius 2 is 1.23 bits per heavy atom. The number of amides is 6. The Kier molecular flexibility index (Phi) is 26.6. The van der Waals surface area contributed by atoms with Crippen LogP contribution in [-0.2, 0) is 62.9 Å². The molecule has 0 radical (unpaired) electrons. The van der Waals surface area contributed by atoms with Crippen LogP contribution in [0.15, 0.2) is 85.5 Å². The second-order valence-corrected chi connectivity index (χ2v) is 19.1. The molecule has 0 saturated carbocycles. The van der Waals surface area contributed by atoms with Crippen molar-refractivity contribution in [2.75, 3.05) is 146 Å². The average molecular weight is 1120 g/mol. The molecule has 428 valence electrons. The Morgan fingerprint density at radius 1 is 0.646 bits per heavy atom. The summed E-state index contributed by atoms with van der Waals surface area (Å²) in [6, 6.07) is 17.2. The summed E-state index contributed by atoms with van der Waals surface area (Å²) in [6.45, 7) is 10.3. The molecule has 2 aliphatic rings. The summed E-state index contributed by atoms with van der Waals surface area (Å²) in [6.07, 6.45) is 8.54. The number of aromatic nitrogens is 2. The Labute approximate surface area is 463 Å². The molecule has 2 aromatic carbocycles. The van der Waals surface area contributed by atoms with Crippen molar-refractivity contribution in [1.82, 2.24) is 42.1 Å². The largest absolute Gasteiger partial charge is 0.494 e. The Bertz CT molecular complexity index is 2590. The number of methoxy groups -OCH3 is 2. The normalized spacial score (nSPS) is 13.5. The van der Waals surface area contributed by atoms with Gasteiger partial charge in [-0.25, -0.2) is 5.48 Å². The molecule has 0 aliphatic carbocycles. The van der Waals surface area contributed by atoms with Crippen LogP contribution in [0, 0.1) is 0 Å². The van der Waals surface area contributed by atoms with Crippen LogP contribution in [0.3, 0.4) is 0 Å². The van der Waals surface area contributed by atoms with E-state index in [9.17, 15) is 28.8 Å². The van der Waals surface area contributed by atoms with Gasteiger partial charge < -0.3 is 50.3 Å². The quantitative estimate of drug-likeness (QED) is 0.00989. The zero-order valence-corrected chi connectivity index (χ0v) is 45.6. The highest BCUT2D eigenvalue weighted by Gasteiger charge is 2.19. The van der Waals surface area contributed by atoms with Gasteiger partial charge in [-0.05, 0) is 62.3 Å². The summed E-state index contributed by atoms with van der Waals surface area (Å²) in [5.41, 5.74) is 16.5. The van der Waals surface area contributed by atoms with Crippen LogP contribution in [-0.4, -0.2) is 170 Å². The molecular formula is C52H74N14O12S+2. The zero-order chi connectivity index (χ0) is 55.9. The first-order valence-electron chi connectivity index (χ1n) is 26.0. The molecule has 2 aliphatic heterocycles. The van der Waals surface area contributed by atoms with E-state index >= 15 is 0 Å². The van der Waals surface area contributed by atoms with E-state index in [0.717, 1.165) is 57.0 Å². The van der Waals surface area contributed by atoms with Gasteiger partial charge in [-0.15, -0.1) is 0 Å². The molecule has 0 bridgehead atoms. The van der Waals surface area contributed by atoms with Crippen molar-refractivity contribution in [2.24, 2.45) is 0 Å². The second kappa shape index (κ2) is 34.5. The summed E-state index contributed by atoms with van der Waals surface area (Å²) in [5.74, 6) is -1.46. The van der Waals surface area contributed by atoms with Crippen LogP contribution >= 0.6 is 11.8 Å². The van der Waals surface area contributed by atoms with E-state index < -0.39 is 23.6 Å². The van der Waals surface area contributed by atoms with Crippen molar-refractivity contribution < 1.29 is 66.4 Å². The number of nitrogens with zero attached hydrogens (tertiary/aromatic N) is 4. The van der Waals surface area contributed by atoms with Crippen molar-refractivity contribution in [3.05, 3.63) is 96.6 Å². The predicted molar refractivity (Wildman–Crippen MR) is 293 cm³/mol. The number of hydrazine groups is 2.